The zero-order chi connectivity index (χ0) is 14.4. The minimum absolute atomic E-state index is 0.167. The molecule has 1 heteroatoms. The summed E-state index contributed by atoms with van der Waals surface area (Å²) >= 11 is 0. The van der Waals surface area contributed by atoms with Crippen LogP contribution in [0.15, 0.2) is 24.3 Å². The molecule has 0 N–H and O–H groups in total. The Balaban J connectivity index is 0. The first-order valence-electron chi connectivity index (χ1n) is 6.95. The number of Topliss-reactive ketones (excluding diaryl/α,β-unsaturated/α-hetero) is 1. The summed E-state index contributed by atoms with van der Waals surface area (Å²) in [6, 6.07) is 8.36. The van der Waals surface area contributed by atoms with Crippen LogP contribution in [-0.4, -0.2) is 5.78 Å². The quantitative estimate of drug-likeness (QED) is 0.649. The minimum atomic E-state index is 0.167. The van der Waals surface area contributed by atoms with Gasteiger partial charge in [0.1, 0.15) is 5.78 Å². The first-order chi connectivity index (χ1) is 8.45. The van der Waals surface area contributed by atoms with Crippen molar-refractivity contribution in [1.29, 1.82) is 0 Å². The molecule has 0 fully saturated rings. The molecule has 1 rings (SSSR count). The Morgan fingerprint density at radius 2 is 1.17 bits per heavy atom. The topological polar surface area (TPSA) is 17.1 Å². The lowest BCUT2D eigenvalue weighted by atomic mass is 10.1. The molecule has 104 valence electrons. The predicted octanol–water partition coefficient (Wildman–Crippen LogP) is 5.49. The third kappa shape index (κ3) is 17.3. The van der Waals surface area contributed by atoms with E-state index in [1.165, 1.54) is 50.7 Å². The third-order valence-electron chi connectivity index (χ3n) is 2.38. The fourth-order valence-electron chi connectivity index (χ4n) is 1.16. The Kier molecular flexibility index (Phi) is 14.9. The number of unbranched alkanes of at least 4 members (excludes halogenated alkanes) is 3. The highest BCUT2D eigenvalue weighted by molar-refractivity contribution is 5.72. The lowest BCUT2D eigenvalue weighted by Gasteiger charge is -1.93. The lowest BCUT2D eigenvalue weighted by molar-refractivity contribution is -0.114. The number of carbonyl (C=O) groups is 1. The largest absolute Gasteiger partial charge is 0.300 e. The van der Waals surface area contributed by atoms with Crippen molar-refractivity contribution in [3.05, 3.63) is 35.4 Å². The zero-order valence-electron chi connectivity index (χ0n) is 13.0. The summed E-state index contributed by atoms with van der Waals surface area (Å²) in [6.45, 7) is 11.8. The summed E-state index contributed by atoms with van der Waals surface area (Å²) in [6.07, 6.45) is 5.54. The van der Waals surface area contributed by atoms with Gasteiger partial charge in [-0.1, -0.05) is 63.8 Å². The van der Waals surface area contributed by atoms with E-state index in [0.717, 1.165) is 0 Å². The van der Waals surface area contributed by atoms with Crippen molar-refractivity contribution in [1.82, 2.24) is 0 Å². The first kappa shape index (κ1) is 19.2. The molecular formula is C17H30O. The van der Waals surface area contributed by atoms with Crippen molar-refractivity contribution >= 4 is 5.78 Å². The van der Waals surface area contributed by atoms with Crippen LogP contribution in [0.3, 0.4) is 0 Å². The third-order valence-corrected chi connectivity index (χ3v) is 2.38. The summed E-state index contributed by atoms with van der Waals surface area (Å²) in [7, 11) is 0. The number of aryl methyl sites for hydroxylation is 2. The van der Waals surface area contributed by atoms with Gasteiger partial charge in [0.15, 0.2) is 0 Å². The smallest absolute Gasteiger partial charge is 0.126 e. The van der Waals surface area contributed by atoms with Gasteiger partial charge in [-0.3, -0.25) is 0 Å². The molecule has 0 aliphatic heterocycles. The van der Waals surface area contributed by atoms with E-state index in [1.807, 2.05) is 0 Å². The minimum Gasteiger partial charge on any atom is -0.300 e. The van der Waals surface area contributed by atoms with Crippen molar-refractivity contribution in [3.63, 3.8) is 0 Å². The monoisotopic (exact) mass is 250 g/mol. The molecule has 1 aromatic rings. The molecule has 0 bridgehead atoms. The Labute approximate surface area is 114 Å². The number of ketones is 1. The molecule has 0 saturated heterocycles. The van der Waals surface area contributed by atoms with Gasteiger partial charge in [-0.15, -0.1) is 0 Å². The second-order valence-electron chi connectivity index (χ2n) is 4.70. The van der Waals surface area contributed by atoms with Gasteiger partial charge in [0, 0.05) is 0 Å². The van der Waals surface area contributed by atoms with E-state index < -0.39 is 0 Å². The summed E-state index contributed by atoms with van der Waals surface area (Å²) in [5.74, 6) is 0.167. The maximum atomic E-state index is 9.44. The summed E-state index contributed by atoms with van der Waals surface area (Å²) in [5, 5.41) is 0. The molecule has 0 heterocycles. The van der Waals surface area contributed by atoms with Gasteiger partial charge in [0.2, 0.25) is 0 Å². The molecule has 0 aliphatic rings. The van der Waals surface area contributed by atoms with Crippen LogP contribution in [0.4, 0.5) is 0 Å². The molecule has 18 heavy (non-hydrogen) atoms. The maximum Gasteiger partial charge on any atom is 0.126 e. The first-order valence-corrected chi connectivity index (χ1v) is 6.95. The molecule has 0 atom stereocenters. The van der Waals surface area contributed by atoms with E-state index in [0.29, 0.717) is 0 Å². The molecule has 0 amide bonds. The van der Waals surface area contributed by atoms with Crippen molar-refractivity contribution in [3.8, 4) is 0 Å². The number of carbonyl (C=O) groups excluding carboxylic acids is 1. The van der Waals surface area contributed by atoms with Crippen LogP contribution in [0.25, 0.3) is 0 Å². The van der Waals surface area contributed by atoms with Gasteiger partial charge < -0.3 is 4.79 Å². The van der Waals surface area contributed by atoms with Crippen LogP contribution >= 0.6 is 0 Å². The van der Waals surface area contributed by atoms with Crippen molar-refractivity contribution < 1.29 is 4.79 Å². The van der Waals surface area contributed by atoms with Gasteiger partial charge in [0.05, 0.1) is 0 Å². The van der Waals surface area contributed by atoms with Crippen LogP contribution in [-0.2, 0) is 4.79 Å². The Hall–Kier alpha value is -1.11. The second kappa shape index (κ2) is 14.0. The molecule has 0 unspecified atom stereocenters. The predicted molar refractivity (Wildman–Crippen MR) is 82.1 cm³/mol. The van der Waals surface area contributed by atoms with E-state index in [9.17, 15) is 4.79 Å². The molecule has 0 aromatic heterocycles. The normalized spacial score (nSPS) is 8.56. The average molecular weight is 250 g/mol. The van der Waals surface area contributed by atoms with Gasteiger partial charge in [-0.25, -0.2) is 0 Å². The highest BCUT2D eigenvalue weighted by Crippen LogP contribution is 2.02. The molecule has 1 aromatic carbocycles. The SMILES string of the molecule is CC(C)=O.CCCCCC.Cc1ccccc1C. The van der Waals surface area contributed by atoms with Crippen molar-refractivity contribution in [2.75, 3.05) is 0 Å². The van der Waals surface area contributed by atoms with E-state index in [2.05, 4.69) is 52.0 Å². The van der Waals surface area contributed by atoms with Crippen molar-refractivity contribution in [2.24, 2.45) is 0 Å². The standard InChI is InChI=1S/C8H10.C6H14.C3H6O/c1-7-5-3-4-6-8(7)2;1-3-5-6-4-2;1-3(2)4/h3-6H,1-2H3;3-6H2,1-2H3;1-2H3. The number of hydrogen-bond donors (Lipinski definition) is 0. The van der Waals surface area contributed by atoms with E-state index in [-0.39, 0.29) is 5.78 Å². The van der Waals surface area contributed by atoms with Gasteiger partial charge in [-0.05, 0) is 38.8 Å². The van der Waals surface area contributed by atoms with Gasteiger partial charge >= 0.3 is 0 Å². The van der Waals surface area contributed by atoms with Crippen LogP contribution in [0.5, 0.6) is 0 Å². The zero-order valence-corrected chi connectivity index (χ0v) is 13.0. The van der Waals surface area contributed by atoms with Crippen LogP contribution in [0, 0.1) is 13.8 Å². The van der Waals surface area contributed by atoms with E-state index in [4.69, 9.17) is 0 Å². The Morgan fingerprint density at radius 3 is 1.33 bits per heavy atom. The molecule has 0 spiro atoms. The van der Waals surface area contributed by atoms with Crippen LogP contribution in [0.1, 0.15) is 64.5 Å². The van der Waals surface area contributed by atoms with Gasteiger partial charge in [0.25, 0.3) is 0 Å². The van der Waals surface area contributed by atoms with Crippen molar-refractivity contribution in [2.45, 2.75) is 67.2 Å². The fourth-order valence-corrected chi connectivity index (χ4v) is 1.16. The number of benzene rings is 1. The molecule has 0 radical (unpaired) electrons. The average Bonchev–Trinajstić information content (AvgIpc) is 2.30. The summed E-state index contributed by atoms with van der Waals surface area (Å²) in [4.78, 5) is 9.44. The number of rotatable bonds is 3. The molecule has 1 nitrogen and oxygen atoms in total. The molecular weight excluding hydrogens is 220 g/mol. The Bertz CT molecular complexity index is 273. The van der Waals surface area contributed by atoms with Gasteiger partial charge in [-0.2, -0.15) is 0 Å². The fraction of sp³-hybridized carbons (Fsp3) is 0.588. The number of hydrogen-bond acceptors (Lipinski definition) is 1. The van der Waals surface area contributed by atoms with E-state index >= 15 is 0 Å². The Morgan fingerprint density at radius 1 is 0.889 bits per heavy atom. The summed E-state index contributed by atoms with van der Waals surface area (Å²) in [5.41, 5.74) is 2.74. The lowest BCUT2D eigenvalue weighted by Crippen LogP contribution is -1.74. The van der Waals surface area contributed by atoms with Crippen LogP contribution in [0.2, 0.25) is 0 Å². The highest BCUT2D eigenvalue weighted by Gasteiger charge is 1.83. The van der Waals surface area contributed by atoms with E-state index in [1.54, 1.807) is 0 Å². The second-order valence-corrected chi connectivity index (χ2v) is 4.70. The molecule has 0 aliphatic carbocycles. The summed E-state index contributed by atoms with van der Waals surface area (Å²) < 4.78 is 0. The maximum absolute atomic E-state index is 9.44. The van der Waals surface area contributed by atoms with Crippen LogP contribution < -0.4 is 0 Å². The molecule has 0 saturated carbocycles. The highest BCUT2D eigenvalue weighted by atomic mass is 16.1.